The van der Waals surface area contributed by atoms with E-state index in [1.54, 1.807) is 0 Å². The molecule has 1 saturated heterocycles. The van der Waals surface area contributed by atoms with Crippen molar-refractivity contribution in [2.75, 3.05) is 19.7 Å². The number of fused-ring (bicyclic) bond motifs is 1. The summed E-state index contributed by atoms with van der Waals surface area (Å²) in [6, 6.07) is 5.68. The molecule has 5 heteroatoms. The number of ether oxygens (including phenoxy) is 1. The van der Waals surface area contributed by atoms with Gasteiger partial charge in [0.05, 0.1) is 23.4 Å². The van der Waals surface area contributed by atoms with Gasteiger partial charge in [-0.1, -0.05) is 6.07 Å². The topological polar surface area (TPSA) is 56.1 Å². The highest BCUT2D eigenvalue weighted by molar-refractivity contribution is 5.95. The lowest BCUT2D eigenvalue weighted by molar-refractivity contribution is 0.0526. The molecule has 1 fully saturated rings. The Morgan fingerprint density at radius 1 is 1.55 bits per heavy atom. The molecule has 20 heavy (non-hydrogen) atoms. The Morgan fingerprint density at radius 3 is 3.10 bits per heavy atom. The third-order valence-corrected chi connectivity index (χ3v) is 3.84. The van der Waals surface area contributed by atoms with E-state index in [2.05, 4.69) is 10.4 Å². The summed E-state index contributed by atoms with van der Waals surface area (Å²) in [5, 5.41) is 9.14. The summed E-state index contributed by atoms with van der Waals surface area (Å²) in [5.41, 5.74) is 2.69. The Hall–Kier alpha value is -1.88. The summed E-state index contributed by atoms with van der Waals surface area (Å²) in [6.45, 7) is 4.22. The maximum Gasteiger partial charge on any atom is 0.338 e. The van der Waals surface area contributed by atoms with Gasteiger partial charge in [0.25, 0.3) is 0 Å². The second kappa shape index (κ2) is 5.25. The Bertz CT molecular complexity index is 642. The number of nitrogens with zero attached hydrogens (tertiary/aromatic N) is 2. The van der Waals surface area contributed by atoms with Crippen LogP contribution in [0.15, 0.2) is 18.2 Å². The Morgan fingerprint density at radius 2 is 2.40 bits per heavy atom. The molecule has 1 aromatic heterocycles. The molecule has 0 saturated carbocycles. The van der Waals surface area contributed by atoms with Crippen LogP contribution >= 0.6 is 0 Å². The molecule has 0 radical (unpaired) electrons. The molecule has 1 unspecified atom stereocenters. The molecule has 0 aliphatic carbocycles. The first kappa shape index (κ1) is 13.1. The van der Waals surface area contributed by atoms with Crippen LogP contribution < -0.4 is 5.32 Å². The fourth-order valence-corrected chi connectivity index (χ4v) is 2.82. The molecule has 0 amide bonds. The minimum absolute atomic E-state index is 0.278. The summed E-state index contributed by atoms with van der Waals surface area (Å²) in [4.78, 5) is 11.8. The van der Waals surface area contributed by atoms with Crippen molar-refractivity contribution in [1.29, 1.82) is 0 Å². The number of carbonyl (C=O) groups is 1. The number of carbonyl (C=O) groups excluding carboxylic acids is 1. The van der Waals surface area contributed by atoms with E-state index in [4.69, 9.17) is 4.74 Å². The van der Waals surface area contributed by atoms with E-state index in [1.165, 1.54) is 0 Å². The summed E-state index contributed by atoms with van der Waals surface area (Å²) in [5.74, 6) is 0.187. The fraction of sp³-hybridized carbons (Fsp3) is 0.467. The van der Waals surface area contributed by atoms with Crippen molar-refractivity contribution >= 4 is 16.9 Å². The lowest BCUT2D eigenvalue weighted by Gasteiger charge is -2.05. The third-order valence-electron chi connectivity index (χ3n) is 3.84. The zero-order chi connectivity index (χ0) is 14.1. The van der Waals surface area contributed by atoms with Crippen LogP contribution in [0.25, 0.3) is 10.9 Å². The fourth-order valence-electron chi connectivity index (χ4n) is 2.82. The zero-order valence-corrected chi connectivity index (χ0v) is 11.8. The van der Waals surface area contributed by atoms with Gasteiger partial charge in [-0.2, -0.15) is 5.10 Å². The molecule has 2 aromatic rings. The molecular formula is C15H19N3O2. The number of hydrogen-bond acceptors (Lipinski definition) is 4. The minimum atomic E-state index is -0.278. The smallest absolute Gasteiger partial charge is 0.338 e. The maximum absolute atomic E-state index is 11.8. The molecule has 0 spiro atoms. The highest BCUT2D eigenvalue weighted by Gasteiger charge is 2.23. The maximum atomic E-state index is 11.8. The van der Waals surface area contributed by atoms with Crippen LogP contribution in [0.3, 0.4) is 0 Å². The average Bonchev–Trinajstić information content (AvgIpc) is 3.07. The number of esters is 1. The van der Waals surface area contributed by atoms with Gasteiger partial charge in [-0.25, -0.2) is 4.79 Å². The van der Waals surface area contributed by atoms with Crippen LogP contribution in [-0.2, 0) is 11.8 Å². The van der Waals surface area contributed by atoms with Crippen LogP contribution in [0.2, 0.25) is 0 Å². The highest BCUT2D eigenvalue weighted by Crippen LogP contribution is 2.29. The first-order chi connectivity index (χ1) is 9.70. The van der Waals surface area contributed by atoms with Crippen molar-refractivity contribution in [1.82, 2.24) is 15.1 Å². The predicted octanol–water partition coefficient (Wildman–Crippen LogP) is 1.83. The largest absolute Gasteiger partial charge is 0.462 e. The molecule has 5 nitrogen and oxygen atoms in total. The lowest BCUT2D eigenvalue weighted by Crippen LogP contribution is -2.08. The van der Waals surface area contributed by atoms with Crippen LogP contribution in [-0.4, -0.2) is 35.4 Å². The molecular weight excluding hydrogens is 254 g/mol. The number of benzene rings is 1. The van der Waals surface area contributed by atoms with Gasteiger partial charge in [0.1, 0.15) is 0 Å². The molecule has 106 valence electrons. The van der Waals surface area contributed by atoms with Crippen molar-refractivity contribution in [3.8, 4) is 0 Å². The second-order valence-corrected chi connectivity index (χ2v) is 5.15. The SMILES string of the molecule is CCOC(=O)c1ccc2c(C3CCNC3)nn(C)c2c1. The van der Waals surface area contributed by atoms with E-state index in [0.717, 1.165) is 36.1 Å². The second-order valence-electron chi connectivity index (χ2n) is 5.15. The number of aromatic nitrogens is 2. The number of aryl methyl sites for hydroxylation is 1. The highest BCUT2D eigenvalue weighted by atomic mass is 16.5. The van der Waals surface area contributed by atoms with Gasteiger partial charge < -0.3 is 10.1 Å². The summed E-state index contributed by atoms with van der Waals surface area (Å²) < 4.78 is 6.90. The molecule has 1 aromatic carbocycles. The third kappa shape index (κ3) is 2.18. The number of rotatable bonds is 3. The van der Waals surface area contributed by atoms with Crippen LogP contribution in [0.1, 0.15) is 35.3 Å². The van der Waals surface area contributed by atoms with E-state index in [1.807, 2.05) is 36.9 Å². The van der Waals surface area contributed by atoms with Crippen molar-refractivity contribution in [3.05, 3.63) is 29.5 Å². The van der Waals surface area contributed by atoms with E-state index in [9.17, 15) is 4.79 Å². The van der Waals surface area contributed by atoms with Gasteiger partial charge >= 0.3 is 5.97 Å². The monoisotopic (exact) mass is 273 g/mol. The zero-order valence-electron chi connectivity index (χ0n) is 11.8. The quantitative estimate of drug-likeness (QED) is 0.867. The molecule has 1 N–H and O–H groups in total. The minimum Gasteiger partial charge on any atom is -0.462 e. The van der Waals surface area contributed by atoms with Crippen LogP contribution in [0.4, 0.5) is 0 Å². The standard InChI is InChI=1S/C15H19N3O2/c1-3-20-15(19)10-4-5-12-13(8-10)18(2)17-14(12)11-6-7-16-9-11/h4-5,8,11,16H,3,6-7,9H2,1-2H3. The van der Waals surface area contributed by atoms with Gasteiger partial charge in [0.2, 0.25) is 0 Å². The van der Waals surface area contributed by atoms with E-state index < -0.39 is 0 Å². The molecule has 2 heterocycles. The Kier molecular flexibility index (Phi) is 3.44. The van der Waals surface area contributed by atoms with Crippen molar-refractivity contribution in [2.24, 2.45) is 7.05 Å². The van der Waals surface area contributed by atoms with Crippen LogP contribution in [0.5, 0.6) is 0 Å². The molecule has 1 atom stereocenters. The predicted molar refractivity (Wildman–Crippen MR) is 76.9 cm³/mol. The molecule has 0 bridgehead atoms. The van der Waals surface area contributed by atoms with Crippen molar-refractivity contribution < 1.29 is 9.53 Å². The molecule has 1 aliphatic rings. The van der Waals surface area contributed by atoms with E-state index in [0.29, 0.717) is 18.1 Å². The van der Waals surface area contributed by atoms with Gasteiger partial charge in [0, 0.05) is 24.9 Å². The first-order valence-electron chi connectivity index (χ1n) is 7.05. The van der Waals surface area contributed by atoms with Gasteiger partial charge in [0.15, 0.2) is 0 Å². The van der Waals surface area contributed by atoms with Crippen LogP contribution in [0, 0.1) is 0 Å². The van der Waals surface area contributed by atoms with Crippen molar-refractivity contribution in [3.63, 3.8) is 0 Å². The normalized spacial score (nSPS) is 18.6. The number of hydrogen-bond donors (Lipinski definition) is 1. The summed E-state index contributed by atoms with van der Waals surface area (Å²) >= 11 is 0. The van der Waals surface area contributed by atoms with Gasteiger partial charge in [-0.15, -0.1) is 0 Å². The molecule has 1 aliphatic heterocycles. The Labute approximate surface area is 117 Å². The molecule has 3 rings (SSSR count). The first-order valence-corrected chi connectivity index (χ1v) is 7.05. The summed E-state index contributed by atoms with van der Waals surface area (Å²) in [7, 11) is 1.92. The summed E-state index contributed by atoms with van der Waals surface area (Å²) in [6.07, 6.45) is 1.12. The van der Waals surface area contributed by atoms with Gasteiger partial charge in [-0.05, 0) is 32.0 Å². The van der Waals surface area contributed by atoms with Gasteiger partial charge in [-0.3, -0.25) is 4.68 Å². The average molecular weight is 273 g/mol. The Balaban J connectivity index is 2.02. The van der Waals surface area contributed by atoms with E-state index >= 15 is 0 Å². The lowest BCUT2D eigenvalue weighted by atomic mass is 10.0. The van der Waals surface area contributed by atoms with E-state index in [-0.39, 0.29) is 5.97 Å². The number of nitrogens with one attached hydrogen (secondary N) is 1. The van der Waals surface area contributed by atoms with Crippen molar-refractivity contribution in [2.45, 2.75) is 19.3 Å².